The molecule has 4 aromatic rings. The molecule has 0 bridgehead atoms. The zero-order valence-electron chi connectivity index (χ0n) is 12.4. The Morgan fingerprint density at radius 1 is 1.12 bits per heavy atom. The van der Waals surface area contributed by atoms with Crippen LogP contribution in [0.5, 0.6) is 0 Å². The lowest BCUT2D eigenvalue weighted by Crippen LogP contribution is -2.00. The van der Waals surface area contributed by atoms with Crippen molar-refractivity contribution in [3.05, 3.63) is 62.5 Å². The van der Waals surface area contributed by atoms with Gasteiger partial charge in [-0.25, -0.2) is 9.78 Å². The third-order valence-electron chi connectivity index (χ3n) is 3.79. The first-order chi connectivity index (χ1) is 11.9. The van der Waals surface area contributed by atoms with Gasteiger partial charge in [0.25, 0.3) is 0 Å². The number of aromatic nitrogens is 1. The first kappa shape index (κ1) is 16.4. The first-order valence-corrected chi connectivity index (χ1v) is 8.70. The molecular weight excluding hydrogens is 429 g/mol. The largest absolute Gasteiger partial charge is 0.478 e. The van der Waals surface area contributed by atoms with Crippen molar-refractivity contribution in [3.63, 3.8) is 0 Å². The van der Waals surface area contributed by atoms with Gasteiger partial charge >= 0.3 is 5.97 Å². The number of hydrogen-bond acceptors (Lipinski definition) is 3. The number of carbonyl (C=O) groups is 1. The summed E-state index contributed by atoms with van der Waals surface area (Å²) in [5, 5.41) is 11.7. The molecule has 4 rings (SSSR count). The third kappa shape index (κ3) is 2.88. The van der Waals surface area contributed by atoms with Crippen molar-refractivity contribution in [2.45, 2.75) is 0 Å². The Labute approximate surface area is 160 Å². The zero-order chi connectivity index (χ0) is 17.7. The molecule has 0 aliphatic carbocycles. The highest BCUT2D eigenvalue weighted by atomic mass is 79.9. The minimum Gasteiger partial charge on any atom is -0.478 e. The van der Waals surface area contributed by atoms with Gasteiger partial charge in [-0.2, -0.15) is 0 Å². The van der Waals surface area contributed by atoms with Gasteiger partial charge in [-0.05, 0) is 42.5 Å². The lowest BCUT2D eigenvalue weighted by Gasteiger charge is -2.05. The van der Waals surface area contributed by atoms with E-state index in [1.807, 2.05) is 0 Å². The fourth-order valence-corrected chi connectivity index (χ4v) is 3.61. The highest BCUT2D eigenvalue weighted by Crippen LogP contribution is 2.35. The summed E-state index contributed by atoms with van der Waals surface area (Å²) < 4.78 is 6.57. The van der Waals surface area contributed by atoms with Crippen LogP contribution in [0.2, 0.25) is 10.0 Å². The Hall–Kier alpha value is -2.08. The number of pyridine rings is 1. The summed E-state index contributed by atoms with van der Waals surface area (Å²) in [5.41, 5.74) is 1.60. The Kier molecular flexibility index (Phi) is 3.95. The molecule has 0 amide bonds. The lowest BCUT2D eigenvalue weighted by molar-refractivity contribution is 0.0699. The lowest BCUT2D eigenvalue weighted by atomic mass is 10.1. The highest BCUT2D eigenvalue weighted by Gasteiger charge is 2.17. The number of benzene rings is 2. The predicted octanol–water partition coefficient (Wildman–Crippen LogP) is 6.42. The molecule has 0 fully saturated rings. The number of nitrogens with zero attached hydrogens (tertiary/aromatic N) is 1. The van der Waals surface area contributed by atoms with E-state index in [9.17, 15) is 9.90 Å². The molecule has 0 atom stereocenters. The average molecular weight is 437 g/mol. The van der Waals surface area contributed by atoms with Crippen LogP contribution in [-0.2, 0) is 0 Å². The summed E-state index contributed by atoms with van der Waals surface area (Å²) in [6, 6.07) is 11.8. The molecule has 124 valence electrons. The minimum atomic E-state index is -1.04. The van der Waals surface area contributed by atoms with E-state index in [1.54, 1.807) is 36.4 Å². The summed E-state index contributed by atoms with van der Waals surface area (Å²) in [6.45, 7) is 0. The van der Waals surface area contributed by atoms with Crippen LogP contribution >= 0.6 is 39.1 Å². The molecule has 0 aliphatic rings. The fraction of sp³-hybridized carbons (Fsp3) is 0. The smallest absolute Gasteiger partial charge is 0.336 e. The normalized spacial score (nSPS) is 11.3. The number of furan rings is 1. The second kappa shape index (κ2) is 6.02. The van der Waals surface area contributed by atoms with Gasteiger partial charge in [0.05, 0.1) is 16.1 Å². The van der Waals surface area contributed by atoms with Crippen molar-refractivity contribution >= 4 is 67.0 Å². The van der Waals surface area contributed by atoms with E-state index in [1.165, 1.54) is 6.07 Å². The molecule has 0 aliphatic heterocycles. The van der Waals surface area contributed by atoms with Gasteiger partial charge in [0, 0.05) is 20.3 Å². The summed E-state index contributed by atoms with van der Waals surface area (Å²) >= 11 is 15.5. The van der Waals surface area contributed by atoms with Gasteiger partial charge in [0.2, 0.25) is 0 Å². The Morgan fingerprint density at radius 2 is 1.92 bits per heavy atom. The molecule has 0 saturated heterocycles. The first-order valence-electron chi connectivity index (χ1n) is 7.15. The van der Waals surface area contributed by atoms with Crippen molar-refractivity contribution in [2.24, 2.45) is 0 Å². The minimum absolute atomic E-state index is 0.144. The molecule has 0 spiro atoms. The van der Waals surface area contributed by atoms with Crippen LogP contribution in [0.15, 0.2) is 51.4 Å². The molecular formula is C18H8BrCl2NO3. The third-order valence-corrected chi connectivity index (χ3v) is 4.78. The number of hydrogen-bond donors (Lipinski definition) is 1. The molecule has 0 unspecified atom stereocenters. The number of carboxylic acids is 1. The summed E-state index contributed by atoms with van der Waals surface area (Å²) in [7, 11) is 0. The van der Waals surface area contributed by atoms with Gasteiger partial charge < -0.3 is 9.52 Å². The second-order valence-electron chi connectivity index (χ2n) is 5.44. The Balaban J connectivity index is 1.99. The van der Waals surface area contributed by atoms with Gasteiger partial charge in [0.15, 0.2) is 11.3 Å². The standard InChI is InChI=1S/C18H8BrCl2NO3/c19-9-1-2-14-11(5-9)12(18(23)24)7-15(22-14)16-4-8-3-10(20)6-13(21)17(8)25-16/h1-7H,(H,23,24). The highest BCUT2D eigenvalue weighted by molar-refractivity contribution is 9.10. The molecule has 1 N–H and O–H groups in total. The van der Waals surface area contributed by atoms with Crippen LogP contribution < -0.4 is 0 Å². The van der Waals surface area contributed by atoms with Crippen LogP contribution in [0.4, 0.5) is 0 Å². The van der Waals surface area contributed by atoms with Crippen molar-refractivity contribution in [3.8, 4) is 11.5 Å². The van der Waals surface area contributed by atoms with E-state index >= 15 is 0 Å². The monoisotopic (exact) mass is 435 g/mol. The van der Waals surface area contributed by atoms with Gasteiger partial charge in [0.1, 0.15) is 5.69 Å². The molecule has 2 aromatic carbocycles. The number of carboxylic acid groups (broad SMARTS) is 1. The SMILES string of the molecule is O=C(O)c1cc(-c2cc3cc(Cl)cc(Cl)c3o2)nc2ccc(Br)cc12. The van der Waals surface area contributed by atoms with Crippen LogP contribution in [0, 0.1) is 0 Å². The molecule has 4 nitrogen and oxygen atoms in total. The maximum Gasteiger partial charge on any atom is 0.336 e. The second-order valence-corrected chi connectivity index (χ2v) is 7.20. The molecule has 2 heterocycles. The van der Waals surface area contributed by atoms with E-state index in [4.69, 9.17) is 27.6 Å². The van der Waals surface area contributed by atoms with E-state index < -0.39 is 5.97 Å². The maximum atomic E-state index is 11.7. The molecule has 25 heavy (non-hydrogen) atoms. The van der Waals surface area contributed by atoms with Crippen molar-refractivity contribution in [1.29, 1.82) is 0 Å². The molecule has 0 radical (unpaired) electrons. The zero-order valence-corrected chi connectivity index (χ0v) is 15.5. The van der Waals surface area contributed by atoms with Crippen LogP contribution in [0.3, 0.4) is 0 Å². The van der Waals surface area contributed by atoms with E-state index in [-0.39, 0.29) is 5.56 Å². The van der Waals surface area contributed by atoms with Crippen molar-refractivity contribution in [2.75, 3.05) is 0 Å². The van der Waals surface area contributed by atoms with Crippen molar-refractivity contribution < 1.29 is 14.3 Å². The quantitative estimate of drug-likeness (QED) is 0.394. The Morgan fingerprint density at radius 3 is 2.68 bits per heavy atom. The molecule has 0 saturated carbocycles. The van der Waals surface area contributed by atoms with Crippen LogP contribution in [0.1, 0.15) is 10.4 Å². The summed E-state index contributed by atoms with van der Waals surface area (Å²) in [4.78, 5) is 16.2. The van der Waals surface area contributed by atoms with Gasteiger partial charge in [-0.1, -0.05) is 39.1 Å². The maximum absolute atomic E-state index is 11.7. The van der Waals surface area contributed by atoms with E-state index in [2.05, 4.69) is 20.9 Å². The number of aromatic carboxylic acids is 1. The number of halogens is 3. The molecule has 7 heteroatoms. The van der Waals surface area contributed by atoms with E-state index in [0.717, 1.165) is 9.86 Å². The van der Waals surface area contributed by atoms with Crippen LogP contribution in [0.25, 0.3) is 33.3 Å². The fourth-order valence-electron chi connectivity index (χ4n) is 2.70. The molecule has 2 aromatic heterocycles. The van der Waals surface area contributed by atoms with Gasteiger partial charge in [-0.15, -0.1) is 0 Å². The van der Waals surface area contributed by atoms with E-state index in [0.29, 0.717) is 38.0 Å². The topological polar surface area (TPSA) is 63.3 Å². The van der Waals surface area contributed by atoms with Gasteiger partial charge in [-0.3, -0.25) is 0 Å². The Bertz CT molecular complexity index is 1170. The number of rotatable bonds is 2. The van der Waals surface area contributed by atoms with Crippen LogP contribution in [-0.4, -0.2) is 16.1 Å². The number of fused-ring (bicyclic) bond motifs is 2. The average Bonchev–Trinajstić information content (AvgIpc) is 2.98. The van der Waals surface area contributed by atoms with Crippen molar-refractivity contribution in [1.82, 2.24) is 4.98 Å². The predicted molar refractivity (Wildman–Crippen MR) is 102 cm³/mol. The summed E-state index contributed by atoms with van der Waals surface area (Å²) in [6.07, 6.45) is 0. The summed E-state index contributed by atoms with van der Waals surface area (Å²) in [5.74, 6) is -0.615.